The number of hydrogen-bond acceptors (Lipinski definition) is 10. The zero-order valence-corrected chi connectivity index (χ0v) is 29.0. The van der Waals surface area contributed by atoms with Crippen LogP contribution in [0.1, 0.15) is 36.9 Å². The van der Waals surface area contributed by atoms with Gasteiger partial charge in [0.25, 0.3) is 0 Å². The van der Waals surface area contributed by atoms with E-state index in [0.717, 1.165) is 25.5 Å². The quantitative estimate of drug-likeness (QED) is 0.162. The van der Waals surface area contributed by atoms with Crippen molar-refractivity contribution in [3.8, 4) is 23.2 Å². The van der Waals surface area contributed by atoms with Crippen LogP contribution in [0.15, 0.2) is 18.2 Å². The van der Waals surface area contributed by atoms with Gasteiger partial charge in [0.1, 0.15) is 46.0 Å². The number of fused-ring (bicyclic) bond motifs is 4. The summed E-state index contributed by atoms with van der Waals surface area (Å²) >= 11 is 14.1. The van der Waals surface area contributed by atoms with Crippen LogP contribution >= 0.6 is 34.5 Å². The van der Waals surface area contributed by atoms with E-state index in [-0.39, 0.29) is 72.7 Å². The van der Waals surface area contributed by atoms with Crippen molar-refractivity contribution in [2.24, 2.45) is 0 Å². The molecule has 5 aromatic rings. The van der Waals surface area contributed by atoms with Crippen LogP contribution in [0.5, 0.6) is 6.01 Å². The van der Waals surface area contributed by atoms with Crippen LogP contribution in [0.4, 0.5) is 34.6 Å². The maximum atomic E-state index is 17.2. The van der Waals surface area contributed by atoms with E-state index >= 15 is 8.78 Å². The Morgan fingerprint density at radius 1 is 1.24 bits per heavy atom. The van der Waals surface area contributed by atoms with Crippen molar-refractivity contribution in [2.75, 3.05) is 42.2 Å². The molecule has 1 amide bonds. The number of alkyl halides is 1. The average Bonchev–Trinajstić information content (AvgIpc) is 3.76. The third-order valence-corrected chi connectivity index (χ3v) is 11.7. The number of nitrogen functional groups attached to an aromatic ring is 1. The molecule has 0 radical (unpaired) electrons. The summed E-state index contributed by atoms with van der Waals surface area (Å²) in [5, 5.41) is 26.2. The number of nitrogens with two attached hydrogens (primary N) is 1. The topological polar surface area (TPSA) is 158 Å². The predicted molar refractivity (Wildman–Crippen MR) is 188 cm³/mol. The normalized spacial score (nSPS) is 20.4. The third-order valence-electron chi connectivity index (χ3n) is 9.92. The molecular weight excluding hydrogens is 730 g/mol. The van der Waals surface area contributed by atoms with Crippen LogP contribution in [0.25, 0.3) is 32.1 Å². The highest BCUT2D eigenvalue weighted by Gasteiger charge is 2.49. The summed E-state index contributed by atoms with van der Waals surface area (Å²) in [7, 11) is 0. The Morgan fingerprint density at radius 2 is 2.06 bits per heavy atom. The molecule has 2 atom stereocenters. The van der Waals surface area contributed by atoms with Gasteiger partial charge in [-0.2, -0.15) is 20.3 Å². The van der Waals surface area contributed by atoms with Gasteiger partial charge in [0.15, 0.2) is 11.6 Å². The average molecular weight is 759 g/mol. The second kappa shape index (κ2) is 12.6. The lowest BCUT2D eigenvalue weighted by Crippen LogP contribution is -2.43. The van der Waals surface area contributed by atoms with Gasteiger partial charge in [-0.1, -0.05) is 29.3 Å². The smallest absolute Gasteiger partial charge is 0.409 e. The summed E-state index contributed by atoms with van der Waals surface area (Å²) in [4.78, 5) is 24.7. The van der Waals surface area contributed by atoms with Gasteiger partial charge >= 0.3 is 12.1 Å². The van der Waals surface area contributed by atoms with E-state index in [0.29, 0.717) is 60.3 Å². The number of nitrogens with zero attached hydrogens (tertiary/aromatic N) is 7. The predicted octanol–water partition coefficient (Wildman–Crippen LogP) is 7.20. The fourth-order valence-corrected chi connectivity index (χ4v) is 9.28. The Morgan fingerprint density at radius 3 is 2.84 bits per heavy atom. The molecule has 2 aromatic carbocycles. The molecule has 0 spiro atoms. The van der Waals surface area contributed by atoms with E-state index in [4.69, 9.17) is 38.7 Å². The minimum absolute atomic E-state index is 0.00685. The molecule has 3 aromatic heterocycles. The van der Waals surface area contributed by atoms with E-state index in [1.165, 1.54) is 12.1 Å². The first-order valence-electron chi connectivity index (χ1n) is 16.1. The van der Waals surface area contributed by atoms with Crippen LogP contribution < -0.4 is 20.7 Å². The number of amides is 1. The maximum Gasteiger partial charge on any atom is 0.409 e. The number of hydrogen-bond donors (Lipinski definition) is 3. The summed E-state index contributed by atoms with van der Waals surface area (Å²) in [6.45, 7) is 2.36. The van der Waals surface area contributed by atoms with Crippen LogP contribution in [0.2, 0.25) is 10.0 Å². The molecule has 0 saturated carbocycles. The summed E-state index contributed by atoms with van der Waals surface area (Å²) < 4.78 is 54.8. The number of anilines is 3. The molecule has 8 rings (SSSR count). The fraction of sp³-hybridized carbons (Fsp3) is 0.364. The standard InChI is InChI=1S/C33H28Cl2F3N9O3S/c34-19-9-17-26(25(38)23(19)16-3-4-20(37)27-22(16)18(11-39)30(51-27)43-32(48)49)41-31(50-14-33-5-1-7-46(33)12-15(36)10-33)42-29(17)45-6-2-8-47-21(13-45)24(35)28(40)44-47/h3-4,9,15,43H,1-2,5-8,10,12-14H2,(H2,40,44)(H,48,49)/t15-,33+/m1/s1. The summed E-state index contributed by atoms with van der Waals surface area (Å²) in [5.74, 6) is -1.14. The number of rotatable bonds is 6. The van der Waals surface area contributed by atoms with Gasteiger partial charge in [-0.3, -0.25) is 14.9 Å². The molecule has 3 aliphatic rings. The van der Waals surface area contributed by atoms with Crippen molar-refractivity contribution < 1.29 is 27.8 Å². The lowest BCUT2D eigenvalue weighted by Gasteiger charge is -2.31. The van der Waals surface area contributed by atoms with Gasteiger partial charge in [-0.15, -0.1) is 11.3 Å². The molecule has 0 unspecified atom stereocenters. The second-order valence-corrected chi connectivity index (χ2v) is 14.7. The lowest BCUT2D eigenvalue weighted by molar-refractivity contribution is 0.107. The number of aryl methyl sites for hydroxylation is 1. The highest BCUT2D eigenvalue weighted by atomic mass is 35.5. The third kappa shape index (κ3) is 5.54. The van der Waals surface area contributed by atoms with E-state index in [1.54, 1.807) is 4.68 Å². The molecule has 12 nitrogen and oxygen atoms in total. The van der Waals surface area contributed by atoms with Gasteiger partial charge in [0.05, 0.1) is 33.1 Å². The largest absolute Gasteiger partial charge is 0.465 e. The Labute approximate surface area is 302 Å². The number of nitriles is 1. The molecule has 4 N–H and O–H groups in total. The summed E-state index contributed by atoms with van der Waals surface area (Å²) in [5.41, 5.74) is 5.67. The molecule has 18 heteroatoms. The Bertz CT molecular complexity index is 2310. The van der Waals surface area contributed by atoms with Gasteiger partial charge in [-0.25, -0.2) is 18.0 Å². The van der Waals surface area contributed by atoms with Gasteiger partial charge in [0, 0.05) is 42.4 Å². The molecule has 0 aliphatic carbocycles. The van der Waals surface area contributed by atoms with Crippen molar-refractivity contribution in [1.82, 2.24) is 24.6 Å². The number of nitrogens with one attached hydrogen (secondary N) is 1. The number of ether oxygens (including phenoxy) is 1. The maximum absolute atomic E-state index is 17.2. The van der Waals surface area contributed by atoms with E-state index in [1.807, 2.05) is 11.0 Å². The zero-order chi connectivity index (χ0) is 35.8. The Kier molecular flexibility index (Phi) is 8.29. The molecule has 0 bridgehead atoms. The number of aromatic nitrogens is 4. The number of halogens is 5. The van der Waals surface area contributed by atoms with Crippen LogP contribution in [-0.2, 0) is 13.1 Å². The molecule has 264 valence electrons. The van der Waals surface area contributed by atoms with E-state index in [2.05, 4.69) is 20.3 Å². The van der Waals surface area contributed by atoms with Crippen molar-refractivity contribution in [3.05, 3.63) is 51.1 Å². The highest BCUT2D eigenvalue weighted by molar-refractivity contribution is 7.23. The Balaban J connectivity index is 1.31. The van der Waals surface area contributed by atoms with Crippen LogP contribution in [-0.4, -0.2) is 73.8 Å². The van der Waals surface area contributed by atoms with Crippen molar-refractivity contribution >= 4 is 78.3 Å². The first-order chi connectivity index (χ1) is 24.5. The summed E-state index contributed by atoms with van der Waals surface area (Å²) in [6.07, 6.45) is 0.110. The summed E-state index contributed by atoms with van der Waals surface area (Å²) in [6, 6.07) is 5.67. The first kappa shape index (κ1) is 33.6. The first-order valence-corrected chi connectivity index (χ1v) is 17.7. The van der Waals surface area contributed by atoms with Gasteiger partial charge < -0.3 is 20.5 Å². The molecule has 6 heterocycles. The molecule has 2 saturated heterocycles. The van der Waals surface area contributed by atoms with Crippen molar-refractivity contribution in [2.45, 2.75) is 50.5 Å². The van der Waals surface area contributed by atoms with E-state index < -0.39 is 29.4 Å². The highest BCUT2D eigenvalue weighted by Crippen LogP contribution is 2.47. The number of thiophene rings is 1. The number of carboxylic acid groups (broad SMARTS) is 1. The minimum atomic E-state index is -1.45. The molecule has 2 fully saturated rings. The van der Waals surface area contributed by atoms with Gasteiger partial charge in [-0.05, 0) is 43.5 Å². The zero-order valence-electron chi connectivity index (χ0n) is 26.7. The van der Waals surface area contributed by atoms with Crippen LogP contribution in [0, 0.1) is 23.0 Å². The second-order valence-electron chi connectivity index (χ2n) is 12.9. The monoisotopic (exact) mass is 757 g/mol. The molecule has 3 aliphatic heterocycles. The molecule has 51 heavy (non-hydrogen) atoms. The lowest BCUT2D eigenvalue weighted by atomic mass is 9.95. The van der Waals surface area contributed by atoms with Gasteiger partial charge in [0.2, 0.25) is 0 Å². The number of benzene rings is 2. The number of carbonyl (C=O) groups is 1. The molecular formula is C33H28Cl2F3N9O3S. The minimum Gasteiger partial charge on any atom is -0.465 e. The van der Waals surface area contributed by atoms with Crippen molar-refractivity contribution in [1.29, 1.82) is 5.26 Å². The SMILES string of the molecule is N#Cc1c(NC(=O)O)sc2c(F)ccc(-c3c(Cl)cc4c(N5CCCn6nc(N)c(Cl)c6C5)nc(OC[C@@]56CCCN5C[C@H](F)C6)nc4c3F)c12. The van der Waals surface area contributed by atoms with Crippen LogP contribution in [0.3, 0.4) is 0 Å². The van der Waals surface area contributed by atoms with Crippen molar-refractivity contribution in [3.63, 3.8) is 0 Å². The fourth-order valence-electron chi connectivity index (χ4n) is 7.72. The Hall–Kier alpha value is -4.56. The van der Waals surface area contributed by atoms with E-state index in [9.17, 15) is 19.6 Å².